The normalized spacial score (nSPS) is 12.8. The van der Waals surface area contributed by atoms with Crippen LogP contribution in [0, 0.1) is 0 Å². The maximum atomic E-state index is 4.27. The van der Waals surface area contributed by atoms with Crippen molar-refractivity contribution in [2.45, 2.75) is 39.3 Å². The van der Waals surface area contributed by atoms with E-state index in [1.807, 2.05) is 18.4 Å². The van der Waals surface area contributed by atoms with Crippen LogP contribution >= 0.6 is 11.3 Å². The molecule has 0 aromatic carbocycles. The molecule has 0 bridgehead atoms. The van der Waals surface area contributed by atoms with Gasteiger partial charge in [0.1, 0.15) is 0 Å². The van der Waals surface area contributed by atoms with Gasteiger partial charge in [-0.05, 0) is 46.5 Å². The molecule has 20 heavy (non-hydrogen) atoms. The first-order valence-corrected chi connectivity index (χ1v) is 7.90. The van der Waals surface area contributed by atoms with Gasteiger partial charge in [0.2, 0.25) is 0 Å². The highest BCUT2D eigenvalue weighted by atomic mass is 32.1. The Hall–Kier alpha value is -1.07. The van der Waals surface area contributed by atoms with Crippen LogP contribution in [0.3, 0.4) is 0 Å². The first-order valence-electron chi connectivity index (χ1n) is 7.08. The van der Waals surface area contributed by atoms with Gasteiger partial charge in [0.25, 0.3) is 0 Å². The summed E-state index contributed by atoms with van der Waals surface area (Å²) in [5.74, 6) is 0.853. The molecule has 1 aromatic rings. The molecule has 1 aromatic heterocycles. The second-order valence-electron chi connectivity index (χ2n) is 5.71. The van der Waals surface area contributed by atoms with Crippen LogP contribution in [0.25, 0.3) is 0 Å². The van der Waals surface area contributed by atoms with E-state index in [9.17, 15) is 0 Å². The zero-order valence-electron chi connectivity index (χ0n) is 13.6. The number of likely N-dealkylation sites (N-methyl/N-ethyl adjacent to an activating group) is 1. The van der Waals surface area contributed by atoms with E-state index in [1.165, 1.54) is 9.75 Å². The fraction of sp³-hybridized carbons (Fsp3) is 0.667. The van der Waals surface area contributed by atoms with Gasteiger partial charge in [-0.2, -0.15) is 0 Å². The van der Waals surface area contributed by atoms with E-state index in [1.54, 1.807) is 0 Å². The molecular weight excluding hydrogens is 268 g/mol. The molecule has 0 aliphatic heterocycles. The average Bonchev–Trinajstić information content (AvgIpc) is 2.86. The summed E-state index contributed by atoms with van der Waals surface area (Å²) < 4.78 is 0. The van der Waals surface area contributed by atoms with Crippen LogP contribution in [-0.2, 0) is 13.0 Å². The van der Waals surface area contributed by atoms with Gasteiger partial charge in [-0.15, -0.1) is 11.3 Å². The SMILES string of the molecule is CCc1ccc(CNC(=NC)NCC(C)(C)N(C)C)s1. The van der Waals surface area contributed by atoms with Crippen LogP contribution in [0.1, 0.15) is 30.5 Å². The van der Waals surface area contributed by atoms with E-state index in [0.29, 0.717) is 0 Å². The first kappa shape index (κ1) is 17.0. The van der Waals surface area contributed by atoms with Gasteiger partial charge in [0, 0.05) is 28.9 Å². The molecule has 1 heterocycles. The minimum atomic E-state index is 0.0932. The third-order valence-electron chi connectivity index (χ3n) is 3.62. The highest BCUT2D eigenvalue weighted by Gasteiger charge is 2.20. The zero-order chi connectivity index (χ0) is 15.2. The van der Waals surface area contributed by atoms with E-state index in [4.69, 9.17) is 0 Å². The van der Waals surface area contributed by atoms with Crippen molar-refractivity contribution in [2.24, 2.45) is 4.99 Å². The van der Waals surface area contributed by atoms with Gasteiger partial charge in [-0.25, -0.2) is 0 Å². The van der Waals surface area contributed by atoms with Crippen molar-refractivity contribution >= 4 is 17.3 Å². The predicted molar refractivity (Wildman–Crippen MR) is 89.7 cm³/mol. The number of nitrogens with one attached hydrogen (secondary N) is 2. The van der Waals surface area contributed by atoms with Gasteiger partial charge in [-0.1, -0.05) is 6.92 Å². The molecular formula is C15H28N4S. The fourth-order valence-electron chi connectivity index (χ4n) is 1.56. The number of hydrogen-bond acceptors (Lipinski definition) is 3. The lowest BCUT2D eigenvalue weighted by molar-refractivity contribution is 0.197. The van der Waals surface area contributed by atoms with Crippen LogP contribution < -0.4 is 10.6 Å². The highest BCUT2D eigenvalue weighted by molar-refractivity contribution is 7.11. The third-order valence-corrected chi connectivity index (χ3v) is 4.85. The van der Waals surface area contributed by atoms with Gasteiger partial charge >= 0.3 is 0 Å². The lowest BCUT2D eigenvalue weighted by Crippen LogP contribution is -2.50. The number of nitrogens with zero attached hydrogens (tertiary/aromatic N) is 2. The molecule has 0 amide bonds. The molecule has 0 unspecified atom stereocenters. The van der Waals surface area contributed by atoms with Crippen LogP contribution in [0.4, 0.5) is 0 Å². The molecule has 0 radical (unpaired) electrons. The molecule has 0 saturated heterocycles. The van der Waals surface area contributed by atoms with Gasteiger partial charge < -0.3 is 15.5 Å². The van der Waals surface area contributed by atoms with Gasteiger partial charge in [-0.3, -0.25) is 4.99 Å². The summed E-state index contributed by atoms with van der Waals surface area (Å²) in [5.41, 5.74) is 0.0932. The van der Waals surface area contributed by atoms with E-state index in [-0.39, 0.29) is 5.54 Å². The van der Waals surface area contributed by atoms with Gasteiger partial charge in [0.05, 0.1) is 6.54 Å². The van der Waals surface area contributed by atoms with E-state index in [0.717, 1.165) is 25.5 Å². The van der Waals surface area contributed by atoms with Crippen molar-refractivity contribution in [3.8, 4) is 0 Å². The first-order chi connectivity index (χ1) is 9.39. The monoisotopic (exact) mass is 296 g/mol. The Kier molecular flexibility index (Phi) is 6.49. The number of hydrogen-bond donors (Lipinski definition) is 2. The molecule has 0 fully saturated rings. The summed E-state index contributed by atoms with van der Waals surface area (Å²) in [6, 6.07) is 4.39. The van der Waals surface area contributed by atoms with Crippen molar-refractivity contribution in [1.29, 1.82) is 0 Å². The summed E-state index contributed by atoms with van der Waals surface area (Å²) in [5, 5.41) is 6.75. The largest absolute Gasteiger partial charge is 0.355 e. The minimum Gasteiger partial charge on any atom is -0.355 e. The summed E-state index contributed by atoms with van der Waals surface area (Å²) in [6.07, 6.45) is 1.11. The lowest BCUT2D eigenvalue weighted by Gasteiger charge is -2.33. The molecule has 0 spiro atoms. The van der Waals surface area contributed by atoms with Crippen LogP contribution in [0.2, 0.25) is 0 Å². The standard InChI is InChI=1S/C15H28N4S/c1-7-12-8-9-13(20-12)10-17-14(16-4)18-11-15(2,3)19(5)6/h8-9H,7,10-11H2,1-6H3,(H2,16,17,18). The minimum absolute atomic E-state index is 0.0932. The molecule has 1 rings (SSSR count). The fourth-order valence-corrected chi connectivity index (χ4v) is 2.45. The number of rotatable bonds is 6. The second kappa shape index (κ2) is 7.64. The van der Waals surface area contributed by atoms with Crippen molar-refractivity contribution in [3.63, 3.8) is 0 Å². The lowest BCUT2D eigenvalue weighted by atomic mass is 10.0. The number of aliphatic imine (C=N–C) groups is 1. The number of aryl methyl sites for hydroxylation is 1. The van der Waals surface area contributed by atoms with Gasteiger partial charge in [0.15, 0.2) is 5.96 Å². The molecule has 0 aliphatic rings. The van der Waals surface area contributed by atoms with Crippen LogP contribution in [0.5, 0.6) is 0 Å². The summed E-state index contributed by atoms with van der Waals surface area (Å²) in [6.45, 7) is 8.28. The van der Waals surface area contributed by atoms with Crippen LogP contribution in [0.15, 0.2) is 17.1 Å². The Labute approximate surface area is 127 Å². The Balaban J connectivity index is 2.44. The Bertz CT molecular complexity index is 435. The van der Waals surface area contributed by atoms with E-state index >= 15 is 0 Å². The third kappa shape index (κ3) is 5.13. The molecule has 4 nitrogen and oxygen atoms in total. The van der Waals surface area contributed by atoms with E-state index in [2.05, 4.69) is 67.5 Å². The number of guanidine groups is 1. The maximum Gasteiger partial charge on any atom is 0.191 e. The molecule has 2 N–H and O–H groups in total. The topological polar surface area (TPSA) is 39.7 Å². The summed E-state index contributed by atoms with van der Waals surface area (Å²) in [4.78, 5) is 9.25. The summed E-state index contributed by atoms with van der Waals surface area (Å²) in [7, 11) is 6.00. The zero-order valence-corrected chi connectivity index (χ0v) is 14.4. The second-order valence-corrected chi connectivity index (χ2v) is 6.96. The average molecular weight is 296 g/mol. The summed E-state index contributed by atoms with van der Waals surface area (Å²) >= 11 is 1.86. The molecule has 0 atom stereocenters. The van der Waals surface area contributed by atoms with Crippen molar-refractivity contribution in [3.05, 3.63) is 21.9 Å². The van der Waals surface area contributed by atoms with E-state index < -0.39 is 0 Å². The quantitative estimate of drug-likeness (QED) is 0.625. The Morgan fingerprint density at radius 1 is 1.25 bits per heavy atom. The van der Waals surface area contributed by atoms with Crippen LogP contribution in [-0.4, -0.2) is 44.1 Å². The van der Waals surface area contributed by atoms with Crippen molar-refractivity contribution in [1.82, 2.24) is 15.5 Å². The molecule has 114 valence electrons. The Morgan fingerprint density at radius 3 is 2.40 bits per heavy atom. The van der Waals surface area contributed by atoms with Crippen molar-refractivity contribution < 1.29 is 0 Å². The highest BCUT2D eigenvalue weighted by Crippen LogP contribution is 2.16. The predicted octanol–water partition coefficient (Wildman–Crippen LogP) is 2.32. The smallest absolute Gasteiger partial charge is 0.191 e. The van der Waals surface area contributed by atoms with Crippen molar-refractivity contribution in [2.75, 3.05) is 27.7 Å². The maximum absolute atomic E-state index is 4.27. The Morgan fingerprint density at radius 2 is 1.90 bits per heavy atom. The molecule has 0 saturated carbocycles. The molecule has 5 heteroatoms. The molecule has 0 aliphatic carbocycles. The number of thiophene rings is 1.